The van der Waals surface area contributed by atoms with E-state index >= 15 is 0 Å². The molecule has 0 aliphatic rings. The SMILES string of the molecule is COc1ccc(Cl)cc1CCCC(=O)O. The van der Waals surface area contributed by atoms with Gasteiger partial charge in [0.1, 0.15) is 5.75 Å². The summed E-state index contributed by atoms with van der Waals surface area (Å²) >= 11 is 5.84. The number of aryl methyl sites for hydroxylation is 1. The zero-order chi connectivity index (χ0) is 11.3. The number of aliphatic carboxylic acids is 1. The van der Waals surface area contributed by atoms with Gasteiger partial charge in [-0.25, -0.2) is 0 Å². The van der Waals surface area contributed by atoms with Crippen LogP contribution in [0.1, 0.15) is 18.4 Å². The van der Waals surface area contributed by atoms with Crippen molar-refractivity contribution in [2.75, 3.05) is 7.11 Å². The highest BCUT2D eigenvalue weighted by Crippen LogP contribution is 2.24. The maximum Gasteiger partial charge on any atom is 0.303 e. The molecule has 0 aliphatic carbocycles. The number of carbonyl (C=O) groups is 1. The van der Waals surface area contributed by atoms with Gasteiger partial charge in [-0.15, -0.1) is 0 Å². The Hall–Kier alpha value is -1.22. The summed E-state index contributed by atoms with van der Waals surface area (Å²) in [6.45, 7) is 0. The molecule has 3 nitrogen and oxygen atoms in total. The standard InChI is InChI=1S/C11H13ClO3/c1-15-10-6-5-9(12)7-8(10)3-2-4-11(13)14/h5-7H,2-4H2,1H3,(H,13,14). The molecule has 15 heavy (non-hydrogen) atoms. The molecule has 1 rings (SSSR count). The molecule has 0 amide bonds. The van der Waals surface area contributed by atoms with Crippen LogP contribution in [0.3, 0.4) is 0 Å². The van der Waals surface area contributed by atoms with Crippen LogP contribution in [0.25, 0.3) is 0 Å². The van der Waals surface area contributed by atoms with Crippen LogP contribution < -0.4 is 4.74 Å². The first kappa shape index (κ1) is 11.9. The lowest BCUT2D eigenvalue weighted by atomic mass is 10.1. The van der Waals surface area contributed by atoms with E-state index in [2.05, 4.69) is 0 Å². The van der Waals surface area contributed by atoms with Crippen molar-refractivity contribution < 1.29 is 14.6 Å². The van der Waals surface area contributed by atoms with Crippen molar-refractivity contribution in [2.45, 2.75) is 19.3 Å². The van der Waals surface area contributed by atoms with Gasteiger partial charge in [0.15, 0.2) is 0 Å². The first-order chi connectivity index (χ1) is 7.13. The summed E-state index contributed by atoms with van der Waals surface area (Å²) in [5.41, 5.74) is 0.950. The lowest BCUT2D eigenvalue weighted by molar-refractivity contribution is -0.137. The summed E-state index contributed by atoms with van der Waals surface area (Å²) in [6, 6.07) is 5.35. The van der Waals surface area contributed by atoms with Crippen molar-refractivity contribution in [2.24, 2.45) is 0 Å². The molecule has 0 spiro atoms. The van der Waals surface area contributed by atoms with Gasteiger partial charge >= 0.3 is 5.97 Å². The summed E-state index contributed by atoms with van der Waals surface area (Å²) in [5, 5.41) is 9.16. The van der Waals surface area contributed by atoms with Crippen LogP contribution in [0, 0.1) is 0 Å². The fraction of sp³-hybridized carbons (Fsp3) is 0.364. The number of ether oxygens (including phenoxy) is 1. The van der Waals surface area contributed by atoms with Crippen LogP contribution in [0.4, 0.5) is 0 Å². The van der Waals surface area contributed by atoms with Crippen LogP contribution >= 0.6 is 11.6 Å². The molecule has 0 radical (unpaired) electrons. The molecule has 82 valence electrons. The zero-order valence-electron chi connectivity index (χ0n) is 8.50. The molecule has 0 saturated heterocycles. The molecule has 0 heterocycles. The van der Waals surface area contributed by atoms with E-state index in [4.69, 9.17) is 21.4 Å². The third kappa shape index (κ3) is 3.80. The minimum absolute atomic E-state index is 0.162. The summed E-state index contributed by atoms with van der Waals surface area (Å²) < 4.78 is 5.15. The molecule has 0 saturated carbocycles. The van der Waals surface area contributed by atoms with Gasteiger partial charge in [0.2, 0.25) is 0 Å². The number of carboxylic acid groups (broad SMARTS) is 1. The first-order valence-corrected chi connectivity index (χ1v) is 5.05. The fourth-order valence-corrected chi connectivity index (χ4v) is 1.57. The smallest absolute Gasteiger partial charge is 0.303 e. The number of hydrogen-bond acceptors (Lipinski definition) is 2. The predicted octanol–water partition coefficient (Wildman–Crippen LogP) is 2.76. The van der Waals surface area contributed by atoms with E-state index in [1.807, 2.05) is 6.07 Å². The molecule has 0 unspecified atom stereocenters. The van der Waals surface area contributed by atoms with Crippen molar-refractivity contribution in [3.63, 3.8) is 0 Å². The minimum atomic E-state index is -0.781. The second-order valence-electron chi connectivity index (χ2n) is 3.20. The fourth-order valence-electron chi connectivity index (χ4n) is 1.37. The largest absolute Gasteiger partial charge is 0.496 e. The maximum absolute atomic E-state index is 10.4. The number of benzene rings is 1. The Kier molecular flexibility index (Phi) is 4.43. The number of methoxy groups -OCH3 is 1. The lowest BCUT2D eigenvalue weighted by Crippen LogP contribution is -1.97. The van der Waals surface area contributed by atoms with Crippen molar-refractivity contribution in [1.82, 2.24) is 0 Å². The van der Waals surface area contributed by atoms with Crippen LogP contribution in [-0.2, 0) is 11.2 Å². The van der Waals surface area contributed by atoms with Crippen LogP contribution in [-0.4, -0.2) is 18.2 Å². The Labute approximate surface area is 93.6 Å². The Bertz CT molecular complexity index is 350. The Morgan fingerprint density at radius 1 is 1.53 bits per heavy atom. The molecule has 4 heteroatoms. The normalized spacial score (nSPS) is 10.0. The lowest BCUT2D eigenvalue weighted by Gasteiger charge is -2.07. The zero-order valence-corrected chi connectivity index (χ0v) is 9.25. The van der Waals surface area contributed by atoms with Crippen molar-refractivity contribution in [3.05, 3.63) is 28.8 Å². The van der Waals surface area contributed by atoms with Gasteiger partial charge in [-0.05, 0) is 36.6 Å². The average Bonchev–Trinajstić information content (AvgIpc) is 2.17. The second kappa shape index (κ2) is 5.61. The van der Waals surface area contributed by atoms with E-state index in [1.54, 1.807) is 19.2 Å². The van der Waals surface area contributed by atoms with E-state index in [0.29, 0.717) is 17.9 Å². The van der Waals surface area contributed by atoms with Crippen molar-refractivity contribution in [1.29, 1.82) is 0 Å². The van der Waals surface area contributed by atoms with E-state index in [9.17, 15) is 4.79 Å². The molecule has 0 fully saturated rings. The van der Waals surface area contributed by atoms with Gasteiger partial charge in [-0.2, -0.15) is 0 Å². The summed E-state index contributed by atoms with van der Waals surface area (Å²) in [7, 11) is 1.59. The molecule has 0 aliphatic heterocycles. The Balaban J connectivity index is 2.65. The van der Waals surface area contributed by atoms with Crippen molar-refractivity contribution in [3.8, 4) is 5.75 Å². The average molecular weight is 229 g/mol. The summed E-state index contributed by atoms with van der Waals surface area (Å²) in [6.07, 6.45) is 1.41. The quantitative estimate of drug-likeness (QED) is 0.843. The molecular formula is C11H13ClO3. The topological polar surface area (TPSA) is 46.5 Å². The van der Waals surface area contributed by atoms with Crippen molar-refractivity contribution >= 4 is 17.6 Å². The highest BCUT2D eigenvalue weighted by Gasteiger charge is 2.05. The van der Waals surface area contributed by atoms with E-state index in [1.165, 1.54) is 0 Å². The van der Waals surface area contributed by atoms with Gasteiger partial charge in [-0.1, -0.05) is 11.6 Å². The first-order valence-electron chi connectivity index (χ1n) is 4.67. The van der Waals surface area contributed by atoms with E-state index < -0.39 is 5.97 Å². The number of rotatable bonds is 5. The maximum atomic E-state index is 10.4. The monoisotopic (exact) mass is 228 g/mol. The molecule has 1 N–H and O–H groups in total. The number of hydrogen-bond donors (Lipinski definition) is 1. The molecular weight excluding hydrogens is 216 g/mol. The molecule has 1 aromatic carbocycles. The van der Waals surface area contributed by atoms with Crippen LogP contribution in [0.5, 0.6) is 5.75 Å². The van der Waals surface area contributed by atoms with Crippen LogP contribution in [0.2, 0.25) is 5.02 Å². The third-order valence-corrected chi connectivity index (χ3v) is 2.31. The highest BCUT2D eigenvalue weighted by molar-refractivity contribution is 6.30. The summed E-state index contributed by atoms with van der Waals surface area (Å²) in [4.78, 5) is 10.4. The Morgan fingerprint density at radius 2 is 2.27 bits per heavy atom. The predicted molar refractivity (Wildman–Crippen MR) is 58.6 cm³/mol. The van der Waals surface area contributed by atoms with Gasteiger partial charge < -0.3 is 9.84 Å². The molecule has 0 bridgehead atoms. The van der Waals surface area contributed by atoms with Crippen LogP contribution in [0.15, 0.2) is 18.2 Å². The number of carboxylic acids is 1. The summed E-state index contributed by atoms with van der Waals surface area (Å²) in [5.74, 6) is -0.0271. The van der Waals surface area contributed by atoms with E-state index in [0.717, 1.165) is 11.3 Å². The van der Waals surface area contributed by atoms with Gasteiger partial charge in [-0.3, -0.25) is 4.79 Å². The second-order valence-corrected chi connectivity index (χ2v) is 3.64. The molecule has 0 atom stereocenters. The number of halogens is 1. The highest BCUT2D eigenvalue weighted by atomic mass is 35.5. The Morgan fingerprint density at radius 3 is 2.87 bits per heavy atom. The molecule has 1 aromatic rings. The minimum Gasteiger partial charge on any atom is -0.496 e. The molecule has 0 aromatic heterocycles. The van der Waals surface area contributed by atoms with Gasteiger partial charge in [0.05, 0.1) is 7.11 Å². The van der Waals surface area contributed by atoms with Gasteiger partial charge in [0.25, 0.3) is 0 Å². The third-order valence-electron chi connectivity index (χ3n) is 2.08. The van der Waals surface area contributed by atoms with E-state index in [-0.39, 0.29) is 6.42 Å². The van der Waals surface area contributed by atoms with Gasteiger partial charge in [0, 0.05) is 11.4 Å².